The minimum absolute atomic E-state index is 0.0220. The molecule has 0 fully saturated rings. The number of halogens is 3. The summed E-state index contributed by atoms with van der Waals surface area (Å²) in [7, 11) is 1.46. The van der Waals surface area contributed by atoms with Crippen molar-refractivity contribution in [1.82, 2.24) is 9.97 Å². The lowest BCUT2D eigenvalue weighted by atomic mass is 10.0. The number of ether oxygens (including phenoxy) is 1. The van der Waals surface area contributed by atoms with Gasteiger partial charge in [-0.1, -0.05) is 25.5 Å². The molecule has 3 aromatic rings. The Kier molecular flexibility index (Phi) is 6.44. The molecule has 0 spiro atoms. The third-order valence-electron chi connectivity index (χ3n) is 4.65. The molecule has 0 radical (unpaired) electrons. The molecule has 2 aromatic carbocycles. The molecule has 0 saturated heterocycles. The van der Waals surface area contributed by atoms with Crippen LogP contribution in [-0.4, -0.2) is 22.2 Å². The van der Waals surface area contributed by atoms with Crippen LogP contribution >= 0.6 is 0 Å². The zero-order valence-corrected chi connectivity index (χ0v) is 16.6. The SMILES string of the molecule is CCCC(Nc1cncc(-c2ccc(O)c(OC)c2)n1)c1ccc(C(F)(F)F)cc1. The smallest absolute Gasteiger partial charge is 0.416 e. The lowest BCUT2D eigenvalue weighted by Gasteiger charge is -2.20. The molecule has 8 heteroatoms. The fraction of sp³-hybridized carbons (Fsp3) is 0.273. The summed E-state index contributed by atoms with van der Waals surface area (Å²) >= 11 is 0. The van der Waals surface area contributed by atoms with Gasteiger partial charge in [0.25, 0.3) is 0 Å². The summed E-state index contributed by atoms with van der Waals surface area (Å²) in [6.45, 7) is 2.00. The number of nitrogens with zero attached hydrogens (tertiary/aromatic N) is 2. The van der Waals surface area contributed by atoms with Crippen LogP contribution in [0.4, 0.5) is 19.0 Å². The first kappa shape index (κ1) is 21.4. The van der Waals surface area contributed by atoms with Gasteiger partial charge >= 0.3 is 6.18 Å². The molecular formula is C22H22F3N3O2. The van der Waals surface area contributed by atoms with E-state index in [1.807, 2.05) is 6.92 Å². The van der Waals surface area contributed by atoms with E-state index >= 15 is 0 Å². The van der Waals surface area contributed by atoms with E-state index in [4.69, 9.17) is 4.74 Å². The highest BCUT2D eigenvalue weighted by Gasteiger charge is 2.30. The van der Waals surface area contributed by atoms with Crippen LogP contribution in [-0.2, 0) is 6.18 Å². The van der Waals surface area contributed by atoms with E-state index < -0.39 is 11.7 Å². The van der Waals surface area contributed by atoms with Gasteiger partial charge in [0.2, 0.25) is 0 Å². The maximum absolute atomic E-state index is 12.8. The molecule has 0 aliphatic rings. The van der Waals surface area contributed by atoms with E-state index in [0.717, 1.165) is 24.1 Å². The molecule has 0 amide bonds. The number of alkyl halides is 3. The Morgan fingerprint density at radius 1 is 1.10 bits per heavy atom. The van der Waals surface area contributed by atoms with Crippen molar-refractivity contribution < 1.29 is 23.0 Å². The van der Waals surface area contributed by atoms with Gasteiger partial charge in [-0.15, -0.1) is 0 Å². The van der Waals surface area contributed by atoms with Crippen LogP contribution in [0, 0.1) is 0 Å². The molecule has 1 unspecified atom stereocenters. The maximum atomic E-state index is 12.8. The van der Waals surface area contributed by atoms with Crippen LogP contribution in [0.25, 0.3) is 11.3 Å². The second-order valence-corrected chi connectivity index (χ2v) is 6.78. The number of hydrogen-bond donors (Lipinski definition) is 2. The average Bonchev–Trinajstić information content (AvgIpc) is 2.73. The first-order valence-electron chi connectivity index (χ1n) is 9.45. The van der Waals surface area contributed by atoms with Crippen molar-refractivity contribution >= 4 is 5.82 Å². The molecule has 158 valence electrons. The van der Waals surface area contributed by atoms with Gasteiger partial charge in [0, 0.05) is 5.56 Å². The first-order chi connectivity index (χ1) is 14.3. The van der Waals surface area contributed by atoms with E-state index in [9.17, 15) is 18.3 Å². The van der Waals surface area contributed by atoms with Gasteiger partial charge in [-0.3, -0.25) is 4.98 Å². The summed E-state index contributed by atoms with van der Waals surface area (Å²) in [6.07, 6.45) is 0.334. The fourth-order valence-corrected chi connectivity index (χ4v) is 3.11. The highest BCUT2D eigenvalue weighted by atomic mass is 19.4. The summed E-state index contributed by atoms with van der Waals surface area (Å²) in [5, 5.41) is 13.0. The fourth-order valence-electron chi connectivity index (χ4n) is 3.11. The van der Waals surface area contributed by atoms with Crippen molar-refractivity contribution in [3.8, 4) is 22.8 Å². The van der Waals surface area contributed by atoms with Crippen molar-refractivity contribution in [2.24, 2.45) is 0 Å². The zero-order chi connectivity index (χ0) is 21.7. The predicted molar refractivity (Wildman–Crippen MR) is 108 cm³/mol. The molecule has 1 aromatic heterocycles. The normalized spacial score (nSPS) is 12.4. The third kappa shape index (κ3) is 5.00. The number of phenols is 1. The molecule has 5 nitrogen and oxygen atoms in total. The Labute approximate surface area is 172 Å². The van der Waals surface area contributed by atoms with Crippen LogP contribution < -0.4 is 10.1 Å². The van der Waals surface area contributed by atoms with Crippen LogP contribution in [0.2, 0.25) is 0 Å². The summed E-state index contributed by atoms with van der Waals surface area (Å²) in [6, 6.07) is 9.80. The van der Waals surface area contributed by atoms with Gasteiger partial charge in [-0.25, -0.2) is 4.98 Å². The molecule has 30 heavy (non-hydrogen) atoms. The predicted octanol–water partition coefficient (Wildman–Crippen LogP) is 5.83. The van der Waals surface area contributed by atoms with Crippen molar-refractivity contribution in [3.05, 3.63) is 66.0 Å². The molecule has 3 rings (SSSR count). The molecule has 0 bridgehead atoms. The van der Waals surface area contributed by atoms with Gasteiger partial charge in [-0.05, 0) is 42.3 Å². The van der Waals surface area contributed by atoms with Crippen LogP contribution in [0.5, 0.6) is 11.5 Å². The van der Waals surface area contributed by atoms with Gasteiger partial charge < -0.3 is 15.2 Å². The topological polar surface area (TPSA) is 67.3 Å². The maximum Gasteiger partial charge on any atom is 0.416 e. The summed E-state index contributed by atoms with van der Waals surface area (Å²) < 4.78 is 43.7. The molecule has 0 aliphatic carbocycles. The van der Waals surface area contributed by atoms with E-state index in [0.29, 0.717) is 29.2 Å². The molecule has 1 atom stereocenters. The molecule has 0 aliphatic heterocycles. The highest BCUT2D eigenvalue weighted by Crippen LogP contribution is 2.33. The van der Waals surface area contributed by atoms with Crippen LogP contribution in [0.15, 0.2) is 54.9 Å². The first-order valence-corrected chi connectivity index (χ1v) is 9.45. The van der Waals surface area contributed by atoms with E-state index in [1.54, 1.807) is 24.5 Å². The Morgan fingerprint density at radius 3 is 2.47 bits per heavy atom. The lowest BCUT2D eigenvalue weighted by molar-refractivity contribution is -0.137. The quantitative estimate of drug-likeness (QED) is 0.506. The summed E-state index contributed by atoms with van der Waals surface area (Å²) in [4.78, 5) is 8.78. The van der Waals surface area contributed by atoms with Crippen LogP contribution in [0.1, 0.15) is 36.9 Å². The van der Waals surface area contributed by atoms with Gasteiger partial charge in [0.1, 0.15) is 5.82 Å². The van der Waals surface area contributed by atoms with E-state index in [1.165, 1.54) is 25.3 Å². The standard InChI is InChI=1S/C22H22F3N3O2/c1-3-4-17(14-5-8-16(9-6-14)22(23,24)25)27-21-13-26-12-18(28-21)15-7-10-19(29)20(11-15)30-2/h5-13,17,29H,3-4H2,1-2H3,(H,27,28). The average molecular weight is 417 g/mol. The number of phenolic OH excluding ortho intramolecular Hbond substituents is 1. The number of hydrogen-bond acceptors (Lipinski definition) is 5. The van der Waals surface area contributed by atoms with Crippen molar-refractivity contribution in [2.45, 2.75) is 32.0 Å². The van der Waals surface area contributed by atoms with Gasteiger partial charge in [-0.2, -0.15) is 13.2 Å². The number of anilines is 1. The second kappa shape index (κ2) is 9.02. The molecular weight excluding hydrogens is 395 g/mol. The monoisotopic (exact) mass is 417 g/mol. The number of nitrogens with one attached hydrogen (secondary N) is 1. The lowest BCUT2D eigenvalue weighted by Crippen LogP contribution is -2.13. The third-order valence-corrected chi connectivity index (χ3v) is 4.65. The Balaban J connectivity index is 1.85. The van der Waals surface area contributed by atoms with Crippen molar-refractivity contribution in [1.29, 1.82) is 0 Å². The largest absolute Gasteiger partial charge is 0.504 e. The number of benzene rings is 2. The second-order valence-electron chi connectivity index (χ2n) is 6.78. The summed E-state index contributed by atoms with van der Waals surface area (Å²) in [5.41, 5.74) is 1.34. The number of methoxy groups -OCH3 is 1. The van der Waals surface area contributed by atoms with Crippen molar-refractivity contribution in [2.75, 3.05) is 12.4 Å². The highest BCUT2D eigenvalue weighted by molar-refractivity contribution is 5.64. The van der Waals surface area contributed by atoms with E-state index in [2.05, 4.69) is 15.3 Å². The minimum atomic E-state index is -4.36. The Bertz CT molecular complexity index is 992. The molecule has 2 N–H and O–H groups in total. The zero-order valence-electron chi connectivity index (χ0n) is 16.6. The van der Waals surface area contributed by atoms with Crippen LogP contribution in [0.3, 0.4) is 0 Å². The number of aromatic hydroxyl groups is 1. The summed E-state index contributed by atoms with van der Waals surface area (Å²) in [5.74, 6) is 0.841. The number of aromatic nitrogens is 2. The Morgan fingerprint density at radius 2 is 1.83 bits per heavy atom. The number of rotatable bonds is 7. The van der Waals surface area contributed by atoms with Gasteiger partial charge in [0.15, 0.2) is 11.5 Å². The van der Waals surface area contributed by atoms with Crippen molar-refractivity contribution in [3.63, 3.8) is 0 Å². The van der Waals surface area contributed by atoms with Gasteiger partial charge in [0.05, 0.1) is 36.8 Å². The molecule has 1 heterocycles. The molecule has 0 saturated carbocycles. The minimum Gasteiger partial charge on any atom is -0.504 e. The Hall–Kier alpha value is -3.29. The van der Waals surface area contributed by atoms with E-state index in [-0.39, 0.29) is 11.8 Å².